The second kappa shape index (κ2) is 8.63. The molecule has 2 N–H and O–H groups in total. The van der Waals surface area contributed by atoms with E-state index >= 15 is 0 Å². The molecular weight excluding hydrogens is 322 g/mol. The highest BCUT2D eigenvalue weighted by molar-refractivity contribution is 5.83. The van der Waals surface area contributed by atoms with Gasteiger partial charge in [0.1, 0.15) is 0 Å². The topological polar surface area (TPSA) is 73.1 Å². The van der Waals surface area contributed by atoms with Crippen molar-refractivity contribution in [3.05, 3.63) is 77.5 Å². The fraction of sp³-hybridized carbons (Fsp3) is 0.190. The SMILES string of the molecule is CCNC(=NCc1ccc(C#N)cc1)NCc1ccnc2ccccc12. The minimum Gasteiger partial charge on any atom is -0.357 e. The molecule has 0 saturated carbocycles. The molecule has 0 unspecified atom stereocenters. The van der Waals surface area contributed by atoms with Crippen LogP contribution in [0, 0.1) is 11.3 Å². The fourth-order valence-corrected chi connectivity index (χ4v) is 2.68. The highest BCUT2D eigenvalue weighted by Crippen LogP contribution is 2.15. The highest BCUT2D eigenvalue weighted by Gasteiger charge is 2.03. The summed E-state index contributed by atoms with van der Waals surface area (Å²) in [5, 5.41) is 16.7. The number of hydrogen-bond donors (Lipinski definition) is 2. The molecule has 0 radical (unpaired) electrons. The van der Waals surface area contributed by atoms with E-state index in [-0.39, 0.29) is 0 Å². The molecule has 0 aliphatic carbocycles. The normalized spacial score (nSPS) is 11.2. The van der Waals surface area contributed by atoms with Gasteiger partial charge in [0.2, 0.25) is 0 Å². The summed E-state index contributed by atoms with van der Waals surface area (Å²) in [6.07, 6.45) is 1.83. The van der Waals surface area contributed by atoms with E-state index in [0.29, 0.717) is 18.7 Å². The van der Waals surface area contributed by atoms with E-state index in [9.17, 15) is 0 Å². The summed E-state index contributed by atoms with van der Waals surface area (Å²) in [5.74, 6) is 0.762. The summed E-state index contributed by atoms with van der Waals surface area (Å²) in [7, 11) is 0. The van der Waals surface area contributed by atoms with E-state index in [1.165, 1.54) is 5.56 Å². The van der Waals surface area contributed by atoms with Crippen molar-refractivity contribution in [1.82, 2.24) is 15.6 Å². The van der Waals surface area contributed by atoms with Crippen molar-refractivity contribution in [2.45, 2.75) is 20.0 Å². The second-order valence-electron chi connectivity index (χ2n) is 5.84. The predicted molar refractivity (Wildman–Crippen MR) is 105 cm³/mol. The number of aromatic nitrogens is 1. The standard InChI is InChI=1S/C21H21N5/c1-2-23-21(25-14-17-9-7-16(13-22)8-10-17)26-15-18-11-12-24-20-6-4-3-5-19(18)20/h3-12H,2,14-15H2,1H3,(H2,23,25,26). The van der Waals surface area contributed by atoms with Gasteiger partial charge in [0.05, 0.1) is 23.7 Å². The van der Waals surface area contributed by atoms with Crippen molar-refractivity contribution in [1.29, 1.82) is 5.26 Å². The van der Waals surface area contributed by atoms with Crippen LogP contribution in [0.5, 0.6) is 0 Å². The van der Waals surface area contributed by atoms with Crippen molar-refractivity contribution in [3.8, 4) is 6.07 Å². The molecule has 130 valence electrons. The Labute approximate surface area is 153 Å². The minimum absolute atomic E-state index is 0.554. The summed E-state index contributed by atoms with van der Waals surface area (Å²) < 4.78 is 0. The van der Waals surface area contributed by atoms with Crippen LogP contribution in [0.15, 0.2) is 65.8 Å². The number of rotatable bonds is 5. The molecule has 5 heteroatoms. The highest BCUT2D eigenvalue weighted by atomic mass is 15.2. The molecule has 5 nitrogen and oxygen atoms in total. The van der Waals surface area contributed by atoms with Gasteiger partial charge in [-0.3, -0.25) is 4.98 Å². The van der Waals surface area contributed by atoms with Gasteiger partial charge in [-0.1, -0.05) is 30.3 Å². The Morgan fingerprint density at radius 2 is 1.88 bits per heavy atom. The molecule has 0 fully saturated rings. The predicted octanol–water partition coefficient (Wildman–Crippen LogP) is 3.36. The smallest absolute Gasteiger partial charge is 0.191 e. The van der Waals surface area contributed by atoms with Gasteiger partial charge >= 0.3 is 0 Å². The van der Waals surface area contributed by atoms with Gasteiger partial charge in [-0.15, -0.1) is 0 Å². The first-order chi connectivity index (χ1) is 12.8. The zero-order chi connectivity index (χ0) is 18.2. The van der Waals surface area contributed by atoms with Crippen molar-refractivity contribution >= 4 is 16.9 Å². The molecule has 1 aromatic heterocycles. The minimum atomic E-state index is 0.554. The molecule has 0 amide bonds. The molecule has 1 heterocycles. The van der Waals surface area contributed by atoms with Crippen LogP contribution < -0.4 is 10.6 Å². The number of nitrogens with zero attached hydrogens (tertiary/aromatic N) is 3. The van der Waals surface area contributed by atoms with Crippen LogP contribution in [-0.4, -0.2) is 17.5 Å². The lowest BCUT2D eigenvalue weighted by Gasteiger charge is -2.12. The summed E-state index contributed by atoms with van der Waals surface area (Å²) in [4.78, 5) is 9.03. The third kappa shape index (κ3) is 4.37. The molecule has 26 heavy (non-hydrogen) atoms. The van der Waals surface area contributed by atoms with Crippen LogP contribution in [0.4, 0.5) is 0 Å². The lowest BCUT2D eigenvalue weighted by Crippen LogP contribution is -2.36. The van der Waals surface area contributed by atoms with Crippen molar-refractivity contribution in [2.75, 3.05) is 6.54 Å². The number of aliphatic imine (C=N–C) groups is 1. The van der Waals surface area contributed by atoms with Crippen LogP contribution in [0.2, 0.25) is 0 Å². The lowest BCUT2D eigenvalue weighted by atomic mass is 10.1. The molecule has 0 atom stereocenters. The van der Waals surface area contributed by atoms with Crippen LogP contribution in [-0.2, 0) is 13.1 Å². The first kappa shape index (κ1) is 17.4. The quantitative estimate of drug-likeness (QED) is 0.550. The molecule has 3 aromatic rings. The Hall–Kier alpha value is -3.39. The number of fused-ring (bicyclic) bond motifs is 1. The Balaban J connectivity index is 1.70. The van der Waals surface area contributed by atoms with Crippen molar-refractivity contribution in [3.63, 3.8) is 0 Å². The number of guanidine groups is 1. The van der Waals surface area contributed by atoms with E-state index in [1.807, 2.05) is 61.7 Å². The number of para-hydroxylation sites is 1. The molecule has 0 bridgehead atoms. The largest absolute Gasteiger partial charge is 0.357 e. The van der Waals surface area contributed by atoms with E-state index in [2.05, 4.69) is 32.7 Å². The van der Waals surface area contributed by atoms with E-state index in [1.54, 1.807) is 0 Å². The summed E-state index contributed by atoms with van der Waals surface area (Å²) in [6, 6.07) is 19.8. The molecule has 0 aliphatic rings. The van der Waals surface area contributed by atoms with Crippen LogP contribution in [0.3, 0.4) is 0 Å². The maximum Gasteiger partial charge on any atom is 0.191 e. The molecule has 0 aliphatic heterocycles. The summed E-state index contributed by atoms with van der Waals surface area (Å²) in [5.41, 5.74) is 3.90. The van der Waals surface area contributed by atoms with E-state index in [0.717, 1.165) is 29.0 Å². The van der Waals surface area contributed by atoms with Gasteiger partial charge in [-0.2, -0.15) is 5.26 Å². The molecule has 0 spiro atoms. The Morgan fingerprint density at radius 1 is 1.08 bits per heavy atom. The van der Waals surface area contributed by atoms with E-state index < -0.39 is 0 Å². The molecule has 0 saturated heterocycles. The third-order valence-corrected chi connectivity index (χ3v) is 4.03. The summed E-state index contributed by atoms with van der Waals surface area (Å²) >= 11 is 0. The maximum absolute atomic E-state index is 8.87. The number of nitriles is 1. The fourth-order valence-electron chi connectivity index (χ4n) is 2.68. The van der Waals surface area contributed by atoms with Crippen molar-refractivity contribution < 1.29 is 0 Å². The Kier molecular flexibility index (Phi) is 5.79. The van der Waals surface area contributed by atoms with Gasteiger partial charge in [-0.05, 0) is 42.3 Å². The molecular formula is C21H21N5. The first-order valence-electron chi connectivity index (χ1n) is 8.64. The Bertz CT molecular complexity index is 933. The van der Waals surface area contributed by atoms with Crippen molar-refractivity contribution in [2.24, 2.45) is 4.99 Å². The number of benzene rings is 2. The van der Waals surface area contributed by atoms with Gasteiger partial charge in [0.25, 0.3) is 0 Å². The van der Waals surface area contributed by atoms with Crippen LogP contribution in [0.25, 0.3) is 10.9 Å². The monoisotopic (exact) mass is 343 g/mol. The maximum atomic E-state index is 8.87. The Morgan fingerprint density at radius 3 is 2.65 bits per heavy atom. The second-order valence-corrected chi connectivity index (χ2v) is 5.84. The van der Waals surface area contributed by atoms with Crippen LogP contribution in [0.1, 0.15) is 23.6 Å². The number of nitrogens with one attached hydrogen (secondary N) is 2. The zero-order valence-electron chi connectivity index (χ0n) is 14.7. The third-order valence-electron chi connectivity index (χ3n) is 4.03. The lowest BCUT2D eigenvalue weighted by molar-refractivity contribution is 0.819. The summed E-state index contributed by atoms with van der Waals surface area (Å²) in [6.45, 7) is 4.05. The average molecular weight is 343 g/mol. The number of pyridine rings is 1. The first-order valence-corrected chi connectivity index (χ1v) is 8.64. The molecule has 3 rings (SSSR count). The van der Waals surface area contributed by atoms with Gasteiger partial charge in [0, 0.05) is 24.7 Å². The van der Waals surface area contributed by atoms with Gasteiger partial charge in [-0.25, -0.2) is 4.99 Å². The van der Waals surface area contributed by atoms with Crippen LogP contribution >= 0.6 is 0 Å². The average Bonchev–Trinajstić information content (AvgIpc) is 2.70. The molecule has 2 aromatic carbocycles. The van der Waals surface area contributed by atoms with Gasteiger partial charge in [0.15, 0.2) is 5.96 Å². The van der Waals surface area contributed by atoms with Gasteiger partial charge < -0.3 is 10.6 Å². The number of hydrogen-bond acceptors (Lipinski definition) is 3. The zero-order valence-corrected chi connectivity index (χ0v) is 14.7. The van der Waals surface area contributed by atoms with E-state index in [4.69, 9.17) is 5.26 Å².